The van der Waals surface area contributed by atoms with Crippen LogP contribution in [-0.4, -0.2) is 40.8 Å². The van der Waals surface area contributed by atoms with E-state index in [0.717, 1.165) is 25.7 Å². The Morgan fingerprint density at radius 1 is 1.05 bits per heavy atom. The van der Waals surface area contributed by atoms with Gasteiger partial charge in [0.15, 0.2) is 0 Å². The normalized spacial score (nSPS) is 34.2. The number of rotatable bonds is 2. The SMILES string of the molecule is CC(C)(C)OC(=O)N(C1CC1)C1C[C@H]2CC[C@@H](C1)N2. The summed E-state index contributed by atoms with van der Waals surface area (Å²) in [5, 5.41) is 3.64. The molecule has 19 heavy (non-hydrogen) atoms. The van der Waals surface area contributed by atoms with E-state index in [4.69, 9.17) is 4.74 Å². The monoisotopic (exact) mass is 266 g/mol. The highest BCUT2D eigenvalue weighted by molar-refractivity contribution is 5.69. The van der Waals surface area contributed by atoms with Crippen LogP contribution in [0, 0.1) is 0 Å². The summed E-state index contributed by atoms with van der Waals surface area (Å²) in [6.07, 6.45) is 6.96. The zero-order valence-electron chi connectivity index (χ0n) is 12.3. The van der Waals surface area contributed by atoms with Crippen molar-refractivity contribution < 1.29 is 9.53 Å². The summed E-state index contributed by atoms with van der Waals surface area (Å²) in [5.41, 5.74) is -0.393. The molecule has 0 spiro atoms. The Morgan fingerprint density at radius 3 is 2.11 bits per heavy atom. The van der Waals surface area contributed by atoms with E-state index in [1.165, 1.54) is 12.8 Å². The Hall–Kier alpha value is -0.770. The van der Waals surface area contributed by atoms with Gasteiger partial charge in [-0.2, -0.15) is 0 Å². The molecule has 3 fully saturated rings. The third kappa shape index (κ3) is 3.04. The Bertz CT molecular complexity index is 348. The fourth-order valence-electron chi connectivity index (χ4n) is 3.52. The molecule has 1 aliphatic carbocycles. The summed E-state index contributed by atoms with van der Waals surface area (Å²) in [4.78, 5) is 14.5. The highest BCUT2D eigenvalue weighted by atomic mass is 16.6. The van der Waals surface area contributed by atoms with Crippen LogP contribution in [0.5, 0.6) is 0 Å². The minimum Gasteiger partial charge on any atom is -0.444 e. The van der Waals surface area contributed by atoms with Gasteiger partial charge in [0.05, 0.1) is 0 Å². The topological polar surface area (TPSA) is 41.6 Å². The van der Waals surface area contributed by atoms with Gasteiger partial charge in [0.2, 0.25) is 0 Å². The molecule has 1 saturated carbocycles. The van der Waals surface area contributed by atoms with E-state index in [2.05, 4.69) is 10.2 Å². The molecule has 2 heterocycles. The minimum atomic E-state index is -0.393. The molecule has 2 bridgehead atoms. The molecule has 4 nitrogen and oxygen atoms in total. The summed E-state index contributed by atoms with van der Waals surface area (Å²) in [7, 11) is 0. The van der Waals surface area contributed by atoms with Crippen LogP contribution in [0.3, 0.4) is 0 Å². The van der Waals surface area contributed by atoms with Gasteiger partial charge >= 0.3 is 6.09 Å². The Morgan fingerprint density at radius 2 is 1.63 bits per heavy atom. The van der Waals surface area contributed by atoms with Gasteiger partial charge in [-0.15, -0.1) is 0 Å². The third-order valence-corrected chi connectivity index (χ3v) is 4.39. The van der Waals surface area contributed by atoms with Crippen molar-refractivity contribution in [1.82, 2.24) is 10.2 Å². The molecule has 0 aromatic carbocycles. The molecule has 1 N–H and O–H groups in total. The van der Waals surface area contributed by atoms with Crippen molar-refractivity contribution in [1.29, 1.82) is 0 Å². The fourth-order valence-corrected chi connectivity index (χ4v) is 3.52. The number of nitrogens with one attached hydrogen (secondary N) is 1. The van der Waals surface area contributed by atoms with E-state index in [0.29, 0.717) is 24.2 Å². The zero-order valence-corrected chi connectivity index (χ0v) is 12.3. The van der Waals surface area contributed by atoms with Crippen LogP contribution in [0.15, 0.2) is 0 Å². The first kappa shape index (κ1) is 13.2. The number of carbonyl (C=O) groups excluding carboxylic acids is 1. The maximum Gasteiger partial charge on any atom is 0.410 e. The van der Waals surface area contributed by atoms with Crippen molar-refractivity contribution in [3.63, 3.8) is 0 Å². The molecule has 0 aromatic rings. The van der Waals surface area contributed by atoms with E-state index < -0.39 is 5.60 Å². The number of hydrogen-bond donors (Lipinski definition) is 1. The number of amides is 1. The first-order chi connectivity index (χ1) is 8.92. The number of nitrogens with zero attached hydrogens (tertiary/aromatic N) is 1. The van der Waals surface area contributed by atoms with Crippen LogP contribution in [0.2, 0.25) is 0 Å². The summed E-state index contributed by atoms with van der Waals surface area (Å²) in [6.45, 7) is 5.84. The maximum absolute atomic E-state index is 12.5. The molecule has 1 unspecified atom stereocenters. The highest BCUT2D eigenvalue weighted by Gasteiger charge is 2.44. The van der Waals surface area contributed by atoms with Crippen LogP contribution >= 0.6 is 0 Å². The Labute approximate surface area is 115 Å². The van der Waals surface area contributed by atoms with E-state index in [1.54, 1.807) is 0 Å². The van der Waals surface area contributed by atoms with Gasteiger partial charge in [0, 0.05) is 24.2 Å². The molecular formula is C15H26N2O2. The minimum absolute atomic E-state index is 0.0960. The fraction of sp³-hybridized carbons (Fsp3) is 0.933. The van der Waals surface area contributed by atoms with Gasteiger partial charge in [-0.05, 0) is 59.3 Å². The molecule has 108 valence electrons. The van der Waals surface area contributed by atoms with Crippen LogP contribution in [0.1, 0.15) is 59.3 Å². The molecular weight excluding hydrogens is 240 g/mol. The van der Waals surface area contributed by atoms with Crippen molar-refractivity contribution in [3.05, 3.63) is 0 Å². The van der Waals surface area contributed by atoms with Crippen molar-refractivity contribution in [3.8, 4) is 0 Å². The summed E-state index contributed by atoms with van der Waals surface area (Å²) in [6, 6.07) is 2.07. The van der Waals surface area contributed by atoms with Crippen LogP contribution in [0.25, 0.3) is 0 Å². The first-order valence-electron chi connectivity index (χ1n) is 7.70. The molecule has 1 amide bonds. The summed E-state index contributed by atoms with van der Waals surface area (Å²) in [5.74, 6) is 0. The average Bonchev–Trinajstić information content (AvgIpc) is 3.03. The quantitative estimate of drug-likeness (QED) is 0.835. The van der Waals surface area contributed by atoms with Crippen molar-refractivity contribution in [2.45, 2.75) is 89.1 Å². The molecule has 2 aliphatic heterocycles. The molecule has 0 aromatic heterocycles. The molecule has 0 radical (unpaired) electrons. The van der Waals surface area contributed by atoms with Crippen molar-refractivity contribution in [2.24, 2.45) is 0 Å². The van der Waals surface area contributed by atoms with Crippen molar-refractivity contribution in [2.75, 3.05) is 0 Å². The van der Waals surface area contributed by atoms with Crippen LogP contribution < -0.4 is 5.32 Å². The largest absolute Gasteiger partial charge is 0.444 e. The molecule has 3 atom stereocenters. The second-order valence-electron chi connectivity index (χ2n) is 7.38. The van der Waals surface area contributed by atoms with E-state index in [9.17, 15) is 4.79 Å². The third-order valence-electron chi connectivity index (χ3n) is 4.39. The smallest absolute Gasteiger partial charge is 0.410 e. The van der Waals surface area contributed by atoms with Gasteiger partial charge in [-0.25, -0.2) is 4.79 Å². The maximum atomic E-state index is 12.5. The van der Waals surface area contributed by atoms with Crippen LogP contribution in [0.4, 0.5) is 4.79 Å². The first-order valence-corrected chi connectivity index (χ1v) is 7.70. The molecule has 4 heteroatoms. The lowest BCUT2D eigenvalue weighted by atomic mass is 9.98. The predicted molar refractivity (Wildman–Crippen MR) is 74.1 cm³/mol. The van der Waals surface area contributed by atoms with Gasteiger partial charge in [0.1, 0.15) is 5.60 Å². The number of piperidine rings is 1. The number of carbonyl (C=O) groups is 1. The standard InChI is InChI=1S/C15H26N2O2/c1-15(2,3)19-14(18)17(12-6-7-12)13-8-10-4-5-11(9-13)16-10/h10-13,16H,4-9H2,1-3H3/t10-,11+,13?. The number of fused-ring (bicyclic) bond motifs is 2. The van der Waals surface area contributed by atoms with Gasteiger partial charge in [0.25, 0.3) is 0 Å². The van der Waals surface area contributed by atoms with Gasteiger partial charge < -0.3 is 15.0 Å². The molecule has 3 aliphatic rings. The Balaban J connectivity index is 1.69. The molecule has 3 rings (SSSR count). The highest BCUT2D eigenvalue weighted by Crippen LogP contribution is 2.37. The average molecular weight is 266 g/mol. The van der Waals surface area contributed by atoms with Gasteiger partial charge in [-0.3, -0.25) is 0 Å². The summed E-state index contributed by atoms with van der Waals surface area (Å²) < 4.78 is 5.61. The van der Waals surface area contributed by atoms with Crippen molar-refractivity contribution >= 4 is 6.09 Å². The lowest BCUT2D eigenvalue weighted by molar-refractivity contribution is 0.00853. The van der Waals surface area contributed by atoms with E-state index in [-0.39, 0.29) is 6.09 Å². The lowest BCUT2D eigenvalue weighted by Crippen LogP contribution is -2.52. The van der Waals surface area contributed by atoms with E-state index in [1.807, 2.05) is 20.8 Å². The van der Waals surface area contributed by atoms with E-state index >= 15 is 0 Å². The number of hydrogen-bond acceptors (Lipinski definition) is 3. The van der Waals surface area contributed by atoms with Gasteiger partial charge in [-0.1, -0.05) is 0 Å². The number of ether oxygens (including phenoxy) is 1. The molecule has 2 saturated heterocycles. The zero-order chi connectivity index (χ0) is 13.6. The lowest BCUT2D eigenvalue weighted by Gasteiger charge is -2.38. The second-order valence-corrected chi connectivity index (χ2v) is 7.38. The predicted octanol–water partition coefficient (Wildman–Crippen LogP) is 2.67. The Kier molecular flexibility index (Phi) is 3.24. The summed E-state index contributed by atoms with van der Waals surface area (Å²) >= 11 is 0. The second kappa shape index (κ2) is 4.65. The van der Waals surface area contributed by atoms with Crippen LogP contribution in [-0.2, 0) is 4.74 Å².